The van der Waals surface area contributed by atoms with E-state index in [4.69, 9.17) is 4.74 Å². The maximum atomic E-state index is 12.3. The Morgan fingerprint density at radius 3 is 2.80 bits per heavy atom. The first-order valence-electron chi connectivity index (χ1n) is 6.33. The van der Waals surface area contributed by atoms with E-state index < -0.39 is 0 Å². The van der Waals surface area contributed by atoms with Gasteiger partial charge < -0.3 is 4.74 Å². The topological polar surface area (TPSA) is 49.9 Å². The molecule has 3 heterocycles. The third-order valence-corrected chi connectivity index (χ3v) is 4.86. The van der Waals surface area contributed by atoms with Gasteiger partial charge in [0.15, 0.2) is 0 Å². The second kappa shape index (κ2) is 6.09. The van der Waals surface area contributed by atoms with Crippen LogP contribution in [0.3, 0.4) is 0 Å². The average molecular weight is 310 g/mol. The van der Waals surface area contributed by atoms with Crippen LogP contribution in [0.15, 0.2) is 22.4 Å². The van der Waals surface area contributed by atoms with Crippen LogP contribution in [0.1, 0.15) is 4.88 Å². The van der Waals surface area contributed by atoms with E-state index in [9.17, 15) is 9.59 Å². The van der Waals surface area contributed by atoms with E-state index in [1.165, 1.54) is 4.90 Å². The molecule has 5 nitrogen and oxygen atoms in total. The molecular weight excluding hydrogens is 296 g/mol. The number of nitrogens with zero attached hydrogens (tertiary/aromatic N) is 2. The summed E-state index contributed by atoms with van der Waals surface area (Å²) in [6, 6.07) is 3.86. The number of thiophene rings is 1. The Labute approximate surface area is 125 Å². The van der Waals surface area contributed by atoms with Crippen molar-refractivity contribution in [3.8, 4) is 0 Å². The van der Waals surface area contributed by atoms with Crippen molar-refractivity contribution in [2.24, 2.45) is 0 Å². The summed E-state index contributed by atoms with van der Waals surface area (Å²) in [7, 11) is 0. The van der Waals surface area contributed by atoms with Gasteiger partial charge in [0, 0.05) is 18.0 Å². The minimum absolute atomic E-state index is 0.190. The highest BCUT2D eigenvalue weighted by Gasteiger charge is 2.36. The van der Waals surface area contributed by atoms with E-state index in [1.54, 1.807) is 17.4 Å². The van der Waals surface area contributed by atoms with Crippen molar-refractivity contribution in [1.82, 2.24) is 9.80 Å². The smallest absolute Gasteiger partial charge is 0.294 e. The molecule has 0 N–H and O–H groups in total. The SMILES string of the molecule is O=C1SC(=Cc2cccs2)C(=O)N1CN1CCOCC1. The number of hydrogen-bond donors (Lipinski definition) is 0. The fourth-order valence-electron chi connectivity index (χ4n) is 2.07. The number of carbonyl (C=O) groups is 2. The highest BCUT2D eigenvalue weighted by molar-refractivity contribution is 8.18. The molecule has 2 amide bonds. The minimum atomic E-state index is -0.195. The number of hydrogen-bond acceptors (Lipinski definition) is 6. The standard InChI is InChI=1S/C13H14N2O3S2/c16-12-11(8-10-2-1-7-19-10)20-13(17)15(12)9-14-3-5-18-6-4-14/h1-2,7-8H,3-6,9H2. The normalized spacial score (nSPS) is 23.0. The molecular formula is C13H14N2O3S2. The zero-order chi connectivity index (χ0) is 13.9. The number of thioether (sulfide) groups is 1. The molecule has 2 aliphatic heterocycles. The first-order chi connectivity index (χ1) is 9.74. The molecule has 7 heteroatoms. The number of carbonyl (C=O) groups excluding carboxylic acids is 2. The molecule has 0 spiro atoms. The predicted molar refractivity (Wildman–Crippen MR) is 79.4 cm³/mol. The van der Waals surface area contributed by atoms with Crippen LogP contribution < -0.4 is 0 Å². The van der Waals surface area contributed by atoms with E-state index in [0.29, 0.717) is 24.8 Å². The molecule has 0 radical (unpaired) electrons. The lowest BCUT2D eigenvalue weighted by atomic mass is 10.4. The maximum Gasteiger partial charge on any atom is 0.294 e. The molecule has 0 bridgehead atoms. The Kier molecular flexibility index (Phi) is 4.21. The van der Waals surface area contributed by atoms with Crippen LogP contribution in [0.5, 0.6) is 0 Å². The Balaban J connectivity index is 1.70. The molecule has 0 saturated carbocycles. The van der Waals surface area contributed by atoms with Gasteiger partial charge in [-0.2, -0.15) is 0 Å². The maximum absolute atomic E-state index is 12.3. The van der Waals surface area contributed by atoms with E-state index in [-0.39, 0.29) is 11.1 Å². The van der Waals surface area contributed by atoms with Crippen LogP contribution in [0.4, 0.5) is 4.79 Å². The van der Waals surface area contributed by atoms with Crippen molar-refractivity contribution in [2.45, 2.75) is 0 Å². The zero-order valence-corrected chi connectivity index (χ0v) is 12.4. The number of morpholine rings is 1. The van der Waals surface area contributed by atoms with E-state index >= 15 is 0 Å². The molecule has 0 unspecified atom stereocenters. The fraction of sp³-hybridized carbons (Fsp3) is 0.385. The lowest BCUT2D eigenvalue weighted by Gasteiger charge is -2.29. The zero-order valence-electron chi connectivity index (χ0n) is 10.8. The van der Waals surface area contributed by atoms with Gasteiger partial charge in [-0.15, -0.1) is 11.3 Å². The van der Waals surface area contributed by atoms with Gasteiger partial charge in [-0.25, -0.2) is 0 Å². The Bertz CT molecular complexity index is 536. The first-order valence-corrected chi connectivity index (χ1v) is 8.02. The highest BCUT2D eigenvalue weighted by Crippen LogP contribution is 2.33. The average Bonchev–Trinajstić information content (AvgIpc) is 3.05. The third kappa shape index (κ3) is 2.95. The summed E-state index contributed by atoms with van der Waals surface area (Å²) >= 11 is 2.57. The summed E-state index contributed by atoms with van der Waals surface area (Å²) in [5.74, 6) is -0.195. The summed E-state index contributed by atoms with van der Waals surface area (Å²) < 4.78 is 5.26. The molecule has 0 aliphatic carbocycles. The predicted octanol–water partition coefficient (Wildman–Crippen LogP) is 2.07. The molecule has 20 heavy (non-hydrogen) atoms. The van der Waals surface area contributed by atoms with Gasteiger partial charge >= 0.3 is 0 Å². The van der Waals surface area contributed by atoms with Crippen LogP contribution in [-0.2, 0) is 9.53 Å². The van der Waals surface area contributed by atoms with Crippen LogP contribution in [-0.4, -0.2) is 53.9 Å². The molecule has 106 valence electrons. The van der Waals surface area contributed by atoms with Crippen molar-refractivity contribution in [1.29, 1.82) is 0 Å². The van der Waals surface area contributed by atoms with Crippen LogP contribution in [0.25, 0.3) is 6.08 Å². The van der Waals surface area contributed by atoms with Crippen molar-refractivity contribution in [2.75, 3.05) is 33.0 Å². The molecule has 2 saturated heterocycles. The largest absolute Gasteiger partial charge is 0.379 e. The number of ether oxygens (including phenoxy) is 1. The summed E-state index contributed by atoms with van der Waals surface area (Å²) in [5, 5.41) is 1.76. The van der Waals surface area contributed by atoms with Gasteiger partial charge in [0.25, 0.3) is 11.1 Å². The van der Waals surface area contributed by atoms with E-state index in [0.717, 1.165) is 29.7 Å². The lowest BCUT2D eigenvalue weighted by molar-refractivity contribution is -0.125. The van der Waals surface area contributed by atoms with Crippen molar-refractivity contribution >= 4 is 40.3 Å². The van der Waals surface area contributed by atoms with Gasteiger partial charge in [-0.1, -0.05) is 6.07 Å². The Morgan fingerprint density at radius 2 is 2.10 bits per heavy atom. The van der Waals surface area contributed by atoms with E-state index in [1.807, 2.05) is 17.5 Å². The molecule has 2 fully saturated rings. The minimum Gasteiger partial charge on any atom is -0.379 e. The monoisotopic (exact) mass is 310 g/mol. The molecule has 0 atom stereocenters. The van der Waals surface area contributed by atoms with Gasteiger partial charge in [0.2, 0.25) is 0 Å². The summed E-state index contributed by atoms with van der Waals surface area (Å²) in [6.07, 6.45) is 1.79. The molecule has 1 aromatic heterocycles. The fourth-order valence-corrected chi connectivity index (χ4v) is 3.62. The highest BCUT2D eigenvalue weighted by atomic mass is 32.2. The van der Waals surface area contributed by atoms with E-state index in [2.05, 4.69) is 4.90 Å². The van der Waals surface area contributed by atoms with Crippen molar-refractivity contribution < 1.29 is 14.3 Å². The summed E-state index contributed by atoms with van der Waals surface area (Å²) in [6.45, 7) is 3.18. The Hall–Kier alpha value is -1.15. The van der Waals surface area contributed by atoms with Crippen LogP contribution in [0.2, 0.25) is 0 Å². The number of amides is 2. The van der Waals surface area contributed by atoms with Crippen LogP contribution >= 0.6 is 23.1 Å². The number of rotatable bonds is 3. The molecule has 0 aromatic carbocycles. The second-order valence-corrected chi connectivity index (χ2v) is 6.47. The van der Waals surface area contributed by atoms with Crippen molar-refractivity contribution in [3.63, 3.8) is 0 Å². The van der Waals surface area contributed by atoms with Crippen molar-refractivity contribution in [3.05, 3.63) is 27.3 Å². The second-order valence-electron chi connectivity index (χ2n) is 4.50. The van der Waals surface area contributed by atoms with Crippen LogP contribution in [0, 0.1) is 0 Å². The van der Waals surface area contributed by atoms with Gasteiger partial charge in [-0.3, -0.25) is 19.4 Å². The first kappa shape index (κ1) is 13.8. The molecule has 1 aromatic rings. The van der Waals surface area contributed by atoms with Gasteiger partial charge in [0.05, 0.1) is 24.8 Å². The summed E-state index contributed by atoms with van der Waals surface area (Å²) in [5.41, 5.74) is 0. The van der Waals surface area contributed by atoms with Gasteiger partial charge in [0.1, 0.15) is 0 Å². The number of imide groups is 1. The quantitative estimate of drug-likeness (QED) is 0.800. The van der Waals surface area contributed by atoms with Gasteiger partial charge in [-0.05, 0) is 29.3 Å². The molecule has 2 aliphatic rings. The summed E-state index contributed by atoms with van der Waals surface area (Å²) in [4.78, 5) is 29.1. The molecule has 3 rings (SSSR count). The third-order valence-electron chi connectivity index (χ3n) is 3.14. The Morgan fingerprint density at radius 1 is 1.30 bits per heavy atom. The lowest BCUT2D eigenvalue weighted by Crippen LogP contribution is -2.45.